The van der Waals surface area contributed by atoms with E-state index >= 15 is 0 Å². The van der Waals surface area contributed by atoms with E-state index in [1.54, 1.807) is 23.1 Å². The third kappa shape index (κ3) is 4.59. The number of carboxylic acids is 1. The molecule has 1 heterocycles. The molecule has 0 aliphatic carbocycles. The Kier molecular flexibility index (Phi) is 5.46. The summed E-state index contributed by atoms with van der Waals surface area (Å²) in [6, 6.07) is 4.70. The molecule has 1 aromatic heterocycles. The van der Waals surface area contributed by atoms with Crippen LogP contribution in [-0.2, 0) is 12.0 Å². The van der Waals surface area contributed by atoms with Gasteiger partial charge in [0.05, 0.1) is 30.0 Å². The number of nitrogens with one attached hydrogen (secondary N) is 1. The van der Waals surface area contributed by atoms with Crippen molar-refractivity contribution >= 4 is 11.9 Å². The molecule has 2 aromatic rings. The normalized spacial score (nSPS) is 11.2. The predicted octanol–water partition coefficient (Wildman–Crippen LogP) is 2.32. The molecule has 0 bridgehead atoms. The molecule has 0 radical (unpaired) electrons. The Hall–Kier alpha value is -2.83. The third-order valence-corrected chi connectivity index (χ3v) is 3.75. The maximum atomic E-state index is 12.2. The molecule has 7 heteroatoms. The Bertz CT molecular complexity index is 775. The molecule has 0 atom stereocenters. The number of aromatic nitrogens is 2. The van der Waals surface area contributed by atoms with E-state index in [0.717, 1.165) is 5.56 Å². The van der Waals surface area contributed by atoms with Crippen LogP contribution < -0.4 is 10.1 Å². The number of ether oxygens (including phenoxy) is 1. The summed E-state index contributed by atoms with van der Waals surface area (Å²) in [5, 5.41) is 16.1. The average Bonchev–Trinajstić information content (AvgIpc) is 3.05. The summed E-state index contributed by atoms with van der Waals surface area (Å²) in [5.41, 5.74) is 1.32. The highest BCUT2D eigenvalue weighted by molar-refractivity contribution is 5.93. The summed E-state index contributed by atoms with van der Waals surface area (Å²) in [6.07, 6.45) is 3.79. The molecule has 25 heavy (non-hydrogen) atoms. The number of benzene rings is 1. The Morgan fingerprint density at radius 3 is 2.56 bits per heavy atom. The van der Waals surface area contributed by atoms with Crippen molar-refractivity contribution in [2.45, 2.75) is 32.7 Å². The van der Waals surface area contributed by atoms with Crippen molar-refractivity contribution < 1.29 is 19.4 Å². The number of carbonyl (C=O) groups excluding carboxylic acids is 1. The lowest BCUT2D eigenvalue weighted by molar-refractivity contribution is 0.0696. The topological polar surface area (TPSA) is 93.4 Å². The minimum atomic E-state index is -1.01. The summed E-state index contributed by atoms with van der Waals surface area (Å²) in [4.78, 5) is 23.2. The van der Waals surface area contributed by atoms with Crippen molar-refractivity contribution in [3.05, 3.63) is 47.3 Å². The Labute approximate surface area is 146 Å². The number of carbonyl (C=O) groups is 2. The lowest BCUT2D eigenvalue weighted by Gasteiger charge is -2.18. The molecule has 0 aliphatic heterocycles. The predicted molar refractivity (Wildman–Crippen MR) is 93.2 cm³/mol. The highest BCUT2D eigenvalue weighted by Gasteiger charge is 2.16. The highest BCUT2D eigenvalue weighted by Crippen LogP contribution is 2.20. The molecule has 1 amide bonds. The SMILES string of the molecule is COc1cc(C(=O)O)ccc1CCNC(=O)c1cnn(C(C)(C)C)c1. The van der Waals surface area contributed by atoms with Crippen LogP contribution in [0.4, 0.5) is 0 Å². The number of amides is 1. The van der Waals surface area contributed by atoms with Crippen LogP contribution >= 0.6 is 0 Å². The molecular weight excluding hydrogens is 322 g/mol. The number of aromatic carboxylic acids is 1. The number of rotatable bonds is 6. The number of methoxy groups -OCH3 is 1. The summed E-state index contributed by atoms with van der Waals surface area (Å²) >= 11 is 0. The van der Waals surface area contributed by atoms with Crippen molar-refractivity contribution in [2.75, 3.05) is 13.7 Å². The number of nitrogens with zero attached hydrogens (tertiary/aromatic N) is 2. The maximum Gasteiger partial charge on any atom is 0.335 e. The maximum absolute atomic E-state index is 12.2. The van der Waals surface area contributed by atoms with Gasteiger partial charge >= 0.3 is 5.97 Å². The van der Waals surface area contributed by atoms with E-state index in [9.17, 15) is 9.59 Å². The minimum absolute atomic E-state index is 0.166. The number of hydrogen-bond acceptors (Lipinski definition) is 4. The zero-order valence-corrected chi connectivity index (χ0v) is 14.9. The van der Waals surface area contributed by atoms with E-state index in [2.05, 4.69) is 10.4 Å². The summed E-state index contributed by atoms with van der Waals surface area (Å²) < 4.78 is 6.98. The van der Waals surface area contributed by atoms with Crippen molar-refractivity contribution in [3.63, 3.8) is 0 Å². The molecule has 134 valence electrons. The van der Waals surface area contributed by atoms with Crippen LogP contribution in [0.5, 0.6) is 5.75 Å². The van der Waals surface area contributed by atoms with E-state index in [0.29, 0.717) is 24.3 Å². The minimum Gasteiger partial charge on any atom is -0.496 e. The van der Waals surface area contributed by atoms with Crippen molar-refractivity contribution in [1.82, 2.24) is 15.1 Å². The lowest BCUT2D eigenvalue weighted by Crippen LogP contribution is -2.26. The fourth-order valence-electron chi connectivity index (χ4n) is 2.30. The second kappa shape index (κ2) is 7.38. The van der Waals surface area contributed by atoms with Crippen LogP contribution in [0.3, 0.4) is 0 Å². The van der Waals surface area contributed by atoms with E-state index < -0.39 is 5.97 Å². The van der Waals surface area contributed by atoms with Crippen LogP contribution in [0.2, 0.25) is 0 Å². The molecule has 1 aromatic carbocycles. The van der Waals surface area contributed by atoms with Gasteiger partial charge in [0.1, 0.15) is 5.75 Å². The van der Waals surface area contributed by atoms with Crippen molar-refractivity contribution in [2.24, 2.45) is 0 Å². The molecular formula is C18H23N3O4. The first-order chi connectivity index (χ1) is 11.7. The van der Waals surface area contributed by atoms with Gasteiger partial charge in [-0.3, -0.25) is 9.48 Å². The highest BCUT2D eigenvalue weighted by atomic mass is 16.5. The van der Waals surface area contributed by atoms with Gasteiger partial charge in [0, 0.05) is 12.7 Å². The van der Waals surface area contributed by atoms with Crippen molar-refractivity contribution in [3.8, 4) is 5.75 Å². The lowest BCUT2D eigenvalue weighted by atomic mass is 10.1. The monoisotopic (exact) mass is 345 g/mol. The van der Waals surface area contributed by atoms with E-state index in [-0.39, 0.29) is 17.0 Å². The van der Waals surface area contributed by atoms with Gasteiger partial charge in [-0.2, -0.15) is 5.10 Å². The van der Waals surface area contributed by atoms with Gasteiger partial charge in [-0.25, -0.2) is 4.79 Å². The molecule has 2 N–H and O–H groups in total. The molecule has 0 aliphatic rings. The first-order valence-corrected chi connectivity index (χ1v) is 7.96. The standard InChI is InChI=1S/C18H23N3O4/c1-18(2,3)21-11-14(10-20-21)16(22)19-8-7-12-5-6-13(17(23)24)9-15(12)25-4/h5-6,9-11H,7-8H2,1-4H3,(H,19,22)(H,23,24). The van der Waals surface area contributed by atoms with Gasteiger partial charge < -0.3 is 15.2 Å². The fourth-order valence-corrected chi connectivity index (χ4v) is 2.30. The Balaban J connectivity index is 1.97. The summed E-state index contributed by atoms with van der Waals surface area (Å²) in [6.45, 7) is 6.43. The molecule has 0 unspecified atom stereocenters. The molecule has 2 rings (SSSR count). The first-order valence-electron chi connectivity index (χ1n) is 7.96. The van der Waals surface area contributed by atoms with Gasteiger partial charge in [-0.05, 0) is 44.9 Å². The van der Waals surface area contributed by atoms with Crippen molar-refractivity contribution in [1.29, 1.82) is 0 Å². The number of carboxylic acid groups (broad SMARTS) is 1. The van der Waals surface area contributed by atoms with Crippen LogP contribution in [0, 0.1) is 0 Å². The van der Waals surface area contributed by atoms with Gasteiger partial charge in [-0.1, -0.05) is 6.07 Å². The summed E-state index contributed by atoms with van der Waals surface area (Å²) in [5.74, 6) is -0.708. The zero-order chi connectivity index (χ0) is 18.6. The molecule has 0 spiro atoms. The van der Waals surface area contributed by atoms with Crippen LogP contribution in [-0.4, -0.2) is 40.4 Å². The molecule has 0 saturated carbocycles. The van der Waals surface area contributed by atoms with Crippen LogP contribution in [0.15, 0.2) is 30.6 Å². The fraction of sp³-hybridized carbons (Fsp3) is 0.389. The second-order valence-corrected chi connectivity index (χ2v) is 6.68. The first kappa shape index (κ1) is 18.5. The Morgan fingerprint density at radius 2 is 2.00 bits per heavy atom. The number of hydrogen-bond donors (Lipinski definition) is 2. The van der Waals surface area contributed by atoms with Crippen LogP contribution in [0.1, 0.15) is 47.1 Å². The van der Waals surface area contributed by atoms with Crippen LogP contribution in [0.25, 0.3) is 0 Å². The molecule has 0 fully saturated rings. The molecule has 7 nitrogen and oxygen atoms in total. The van der Waals surface area contributed by atoms with Gasteiger partial charge in [0.25, 0.3) is 5.91 Å². The average molecular weight is 345 g/mol. The summed E-state index contributed by atoms with van der Waals surface area (Å²) in [7, 11) is 1.49. The van der Waals surface area contributed by atoms with Gasteiger partial charge in [0.15, 0.2) is 0 Å². The largest absolute Gasteiger partial charge is 0.496 e. The van der Waals surface area contributed by atoms with Gasteiger partial charge in [-0.15, -0.1) is 0 Å². The van der Waals surface area contributed by atoms with E-state index in [1.165, 1.54) is 19.2 Å². The molecule has 0 saturated heterocycles. The smallest absolute Gasteiger partial charge is 0.335 e. The van der Waals surface area contributed by atoms with E-state index in [1.807, 2.05) is 20.8 Å². The zero-order valence-electron chi connectivity index (χ0n) is 14.9. The second-order valence-electron chi connectivity index (χ2n) is 6.68. The van der Waals surface area contributed by atoms with E-state index in [4.69, 9.17) is 9.84 Å². The third-order valence-electron chi connectivity index (χ3n) is 3.75. The Morgan fingerprint density at radius 1 is 1.28 bits per heavy atom. The quantitative estimate of drug-likeness (QED) is 0.838. The van der Waals surface area contributed by atoms with Gasteiger partial charge in [0.2, 0.25) is 0 Å².